The smallest absolute Gasteiger partial charge is 0.327 e. The summed E-state index contributed by atoms with van der Waals surface area (Å²) >= 11 is 0. The number of carbonyl (C=O) groups is 1. The molecule has 3 nitrogen and oxygen atoms in total. The molecule has 0 atom stereocenters. The van der Waals surface area contributed by atoms with E-state index >= 15 is 0 Å². The van der Waals surface area contributed by atoms with Crippen molar-refractivity contribution in [3.05, 3.63) is 92.1 Å². The van der Waals surface area contributed by atoms with Gasteiger partial charge >= 0.3 is 5.97 Å². The lowest BCUT2D eigenvalue weighted by atomic mass is 10.2. The summed E-state index contributed by atoms with van der Waals surface area (Å²) in [6.45, 7) is 9.68. The summed E-state index contributed by atoms with van der Waals surface area (Å²) in [6.07, 6.45) is 11.1. The first-order valence-corrected chi connectivity index (χ1v) is 5.99. The molecule has 0 saturated heterocycles. The highest BCUT2D eigenvalue weighted by atomic mass is 16.4. The van der Waals surface area contributed by atoms with E-state index in [0.29, 0.717) is 0 Å². The Kier molecular flexibility index (Phi) is 16.2. The molecular formula is C18H19NO2. The second-order valence-corrected chi connectivity index (χ2v) is 3.27. The van der Waals surface area contributed by atoms with E-state index in [2.05, 4.69) is 19.7 Å². The zero-order valence-electron chi connectivity index (χ0n) is 11.9. The fourth-order valence-corrected chi connectivity index (χ4v) is 0.829. The molecule has 0 aliphatic carbocycles. The average Bonchev–Trinajstić information content (AvgIpc) is 2.53. The van der Waals surface area contributed by atoms with Crippen molar-refractivity contribution in [2.75, 3.05) is 0 Å². The summed E-state index contributed by atoms with van der Waals surface area (Å²) in [4.78, 5) is 9.25. The molecule has 0 radical (unpaired) electrons. The number of allylic oxidation sites excluding steroid dienone is 5. The SMILES string of the molecule is C=CC(=O)O.C=CC=C.N#CC=CC=Cc1ccccc1. The van der Waals surface area contributed by atoms with Crippen molar-refractivity contribution in [3.63, 3.8) is 0 Å². The summed E-state index contributed by atoms with van der Waals surface area (Å²) < 4.78 is 0. The molecule has 108 valence electrons. The molecule has 0 aliphatic rings. The minimum atomic E-state index is -0.981. The van der Waals surface area contributed by atoms with Gasteiger partial charge in [0, 0.05) is 12.2 Å². The molecule has 21 heavy (non-hydrogen) atoms. The van der Waals surface area contributed by atoms with Crippen LogP contribution in [0.5, 0.6) is 0 Å². The molecule has 1 aromatic carbocycles. The van der Waals surface area contributed by atoms with Gasteiger partial charge in [0.15, 0.2) is 0 Å². The summed E-state index contributed by atoms with van der Waals surface area (Å²) in [5.41, 5.74) is 1.14. The van der Waals surface area contributed by atoms with E-state index in [-0.39, 0.29) is 0 Å². The van der Waals surface area contributed by atoms with E-state index in [4.69, 9.17) is 10.4 Å². The monoisotopic (exact) mass is 281 g/mol. The van der Waals surface area contributed by atoms with Crippen LogP contribution >= 0.6 is 0 Å². The number of carboxylic acid groups (broad SMARTS) is 1. The summed E-state index contributed by atoms with van der Waals surface area (Å²) in [5.74, 6) is -0.981. The van der Waals surface area contributed by atoms with Crippen LogP contribution in [0, 0.1) is 11.3 Å². The number of rotatable bonds is 4. The lowest BCUT2D eigenvalue weighted by Crippen LogP contribution is -1.82. The van der Waals surface area contributed by atoms with Crippen LogP contribution in [0.25, 0.3) is 6.08 Å². The quantitative estimate of drug-likeness (QED) is 0.505. The zero-order valence-corrected chi connectivity index (χ0v) is 11.9. The molecule has 0 fully saturated rings. The van der Waals surface area contributed by atoms with Gasteiger partial charge in [0.2, 0.25) is 0 Å². The summed E-state index contributed by atoms with van der Waals surface area (Å²) in [6, 6.07) is 11.9. The molecule has 0 spiro atoms. The Hall–Kier alpha value is -3.12. The second kappa shape index (κ2) is 16.9. The van der Waals surface area contributed by atoms with Gasteiger partial charge in [-0.1, -0.05) is 80.4 Å². The standard InChI is InChI=1S/C11H9N.C4H6.C3H4O2/c12-10-6-2-5-9-11-7-3-1-4-8-11;1-3-4-2;1-2-3(4)5/h1-9H;3-4H,1-2H2;2H,1H2,(H,4,5). The van der Waals surface area contributed by atoms with Crippen LogP contribution in [-0.2, 0) is 4.79 Å². The highest BCUT2D eigenvalue weighted by Gasteiger charge is 1.78. The highest BCUT2D eigenvalue weighted by molar-refractivity contribution is 5.78. The van der Waals surface area contributed by atoms with Crippen LogP contribution in [0.3, 0.4) is 0 Å². The number of hydrogen-bond acceptors (Lipinski definition) is 2. The van der Waals surface area contributed by atoms with E-state index in [1.807, 2.05) is 48.6 Å². The number of nitrogens with zero attached hydrogens (tertiary/aromatic N) is 1. The van der Waals surface area contributed by atoms with Crippen molar-refractivity contribution < 1.29 is 9.90 Å². The maximum absolute atomic E-state index is 9.25. The van der Waals surface area contributed by atoms with Crippen LogP contribution in [0.2, 0.25) is 0 Å². The maximum atomic E-state index is 9.25. The van der Waals surface area contributed by atoms with Gasteiger partial charge in [0.25, 0.3) is 0 Å². The third-order valence-electron chi connectivity index (χ3n) is 1.71. The van der Waals surface area contributed by atoms with Gasteiger partial charge < -0.3 is 5.11 Å². The minimum absolute atomic E-state index is 0.833. The molecule has 0 amide bonds. The van der Waals surface area contributed by atoms with Crippen molar-refractivity contribution >= 4 is 12.0 Å². The Balaban J connectivity index is 0. The van der Waals surface area contributed by atoms with Gasteiger partial charge in [-0.15, -0.1) is 0 Å². The van der Waals surface area contributed by atoms with Gasteiger partial charge in [-0.3, -0.25) is 0 Å². The number of carboxylic acids is 1. The first-order chi connectivity index (χ1) is 10.1. The van der Waals surface area contributed by atoms with Crippen LogP contribution in [-0.4, -0.2) is 11.1 Å². The van der Waals surface area contributed by atoms with Crippen molar-refractivity contribution in [2.45, 2.75) is 0 Å². The number of hydrogen-bond donors (Lipinski definition) is 1. The maximum Gasteiger partial charge on any atom is 0.327 e. The van der Waals surface area contributed by atoms with Gasteiger partial charge in [0.05, 0.1) is 6.07 Å². The second-order valence-electron chi connectivity index (χ2n) is 3.27. The Morgan fingerprint density at radius 3 is 2.00 bits per heavy atom. The zero-order chi connectivity index (χ0) is 16.3. The predicted octanol–water partition coefficient (Wildman–Crippen LogP) is 4.39. The average molecular weight is 281 g/mol. The molecule has 0 bridgehead atoms. The molecular weight excluding hydrogens is 262 g/mol. The molecule has 0 aliphatic heterocycles. The molecule has 1 N–H and O–H groups in total. The van der Waals surface area contributed by atoms with E-state index in [1.165, 1.54) is 6.08 Å². The molecule has 1 aromatic rings. The van der Waals surface area contributed by atoms with E-state index < -0.39 is 5.97 Å². The van der Waals surface area contributed by atoms with Crippen LogP contribution in [0.1, 0.15) is 5.56 Å². The number of benzene rings is 1. The third kappa shape index (κ3) is 19.4. The molecule has 0 unspecified atom stereocenters. The van der Waals surface area contributed by atoms with Crippen molar-refractivity contribution in [1.82, 2.24) is 0 Å². The number of aliphatic carboxylic acids is 1. The molecule has 1 rings (SSSR count). The molecule has 0 heterocycles. The Morgan fingerprint density at radius 2 is 1.62 bits per heavy atom. The lowest BCUT2D eigenvalue weighted by molar-refractivity contribution is -0.131. The van der Waals surface area contributed by atoms with E-state index in [0.717, 1.165) is 11.6 Å². The summed E-state index contributed by atoms with van der Waals surface area (Å²) in [7, 11) is 0. The van der Waals surface area contributed by atoms with Gasteiger partial charge in [-0.25, -0.2) is 4.79 Å². The first kappa shape index (κ1) is 20.2. The fourth-order valence-electron chi connectivity index (χ4n) is 0.829. The lowest BCUT2D eigenvalue weighted by Gasteiger charge is -1.87. The minimum Gasteiger partial charge on any atom is -0.478 e. The van der Waals surface area contributed by atoms with Crippen LogP contribution in [0.4, 0.5) is 0 Å². The van der Waals surface area contributed by atoms with E-state index in [1.54, 1.807) is 18.2 Å². The Morgan fingerprint density at radius 1 is 1.10 bits per heavy atom. The van der Waals surface area contributed by atoms with Gasteiger partial charge in [-0.2, -0.15) is 5.26 Å². The third-order valence-corrected chi connectivity index (χ3v) is 1.71. The van der Waals surface area contributed by atoms with Crippen molar-refractivity contribution in [2.24, 2.45) is 0 Å². The van der Waals surface area contributed by atoms with Crippen LogP contribution < -0.4 is 0 Å². The van der Waals surface area contributed by atoms with Gasteiger partial charge in [0.1, 0.15) is 0 Å². The van der Waals surface area contributed by atoms with Crippen molar-refractivity contribution in [3.8, 4) is 6.07 Å². The molecule has 0 saturated carbocycles. The molecule has 0 aromatic heterocycles. The largest absolute Gasteiger partial charge is 0.478 e. The Labute approximate surface area is 126 Å². The molecule has 3 heteroatoms. The van der Waals surface area contributed by atoms with Crippen LogP contribution in [0.15, 0.2) is 86.5 Å². The highest BCUT2D eigenvalue weighted by Crippen LogP contribution is 2.00. The van der Waals surface area contributed by atoms with E-state index in [9.17, 15) is 4.79 Å². The fraction of sp³-hybridized carbons (Fsp3) is 0. The predicted molar refractivity (Wildman–Crippen MR) is 88.5 cm³/mol. The topological polar surface area (TPSA) is 61.1 Å². The normalized spacial score (nSPS) is 8.52. The number of nitriles is 1. The first-order valence-electron chi connectivity index (χ1n) is 5.99. The summed E-state index contributed by atoms with van der Waals surface area (Å²) in [5, 5.41) is 15.8. The van der Waals surface area contributed by atoms with Crippen molar-refractivity contribution in [1.29, 1.82) is 5.26 Å². The van der Waals surface area contributed by atoms with Gasteiger partial charge in [-0.05, 0) is 5.56 Å². The Bertz CT molecular complexity index is 514.